The van der Waals surface area contributed by atoms with Crippen LogP contribution in [0.5, 0.6) is 0 Å². The fourth-order valence-electron chi connectivity index (χ4n) is 1.85. The average molecular weight is 294 g/mol. The minimum absolute atomic E-state index is 0.0312. The number of carbonyl (C=O) groups excluding carboxylic acids is 1. The lowest BCUT2D eigenvalue weighted by Gasteiger charge is -2.07. The highest BCUT2D eigenvalue weighted by Gasteiger charge is 2.10. The van der Waals surface area contributed by atoms with Gasteiger partial charge in [0.25, 0.3) is 0 Å². The van der Waals surface area contributed by atoms with Gasteiger partial charge in [0.15, 0.2) is 0 Å². The molecule has 5 heteroatoms. The maximum absolute atomic E-state index is 11.6. The van der Waals surface area contributed by atoms with E-state index < -0.39 is 0 Å². The van der Waals surface area contributed by atoms with Crippen LogP contribution in [0.1, 0.15) is 25.5 Å². The summed E-state index contributed by atoms with van der Waals surface area (Å²) in [6.07, 6.45) is 1.28. The number of rotatable bonds is 5. The first-order valence-electron chi connectivity index (χ1n) is 6.43. The zero-order valence-corrected chi connectivity index (χ0v) is 11.9. The molecule has 0 bridgehead atoms. The van der Waals surface area contributed by atoms with E-state index >= 15 is 0 Å². The first-order chi connectivity index (χ1) is 9.63. The Bertz CT molecular complexity index is 607. The van der Waals surface area contributed by atoms with Crippen molar-refractivity contribution < 1.29 is 14.3 Å². The molecule has 0 aliphatic heterocycles. The number of benzene rings is 1. The van der Waals surface area contributed by atoms with Gasteiger partial charge in [-0.2, -0.15) is 0 Å². The molecule has 4 nitrogen and oxygen atoms in total. The largest absolute Gasteiger partial charge is 0.459 e. The second-order valence-electron chi connectivity index (χ2n) is 4.42. The van der Waals surface area contributed by atoms with Gasteiger partial charge >= 0.3 is 0 Å². The summed E-state index contributed by atoms with van der Waals surface area (Å²) in [6, 6.07) is 8.64. The Morgan fingerprint density at radius 2 is 2.15 bits per heavy atom. The number of carbonyl (C=O) groups is 1. The topological polar surface area (TPSA) is 62.5 Å². The molecule has 0 fully saturated rings. The van der Waals surface area contributed by atoms with Gasteiger partial charge in [0.1, 0.15) is 18.1 Å². The number of hydrogen-bond acceptors (Lipinski definition) is 3. The van der Waals surface area contributed by atoms with Gasteiger partial charge in [-0.3, -0.25) is 4.79 Å². The van der Waals surface area contributed by atoms with Crippen molar-refractivity contribution in [1.82, 2.24) is 0 Å². The lowest BCUT2D eigenvalue weighted by atomic mass is 10.1. The van der Waals surface area contributed by atoms with Crippen LogP contribution in [-0.2, 0) is 11.4 Å². The molecule has 0 unspecified atom stereocenters. The van der Waals surface area contributed by atoms with Crippen LogP contribution >= 0.6 is 11.6 Å². The van der Waals surface area contributed by atoms with E-state index in [1.54, 1.807) is 30.3 Å². The number of amides is 1. The molecule has 2 aromatic rings. The summed E-state index contributed by atoms with van der Waals surface area (Å²) in [7, 11) is 0. The molecule has 2 rings (SSSR count). The van der Waals surface area contributed by atoms with E-state index in [-0.39, 0.29) is 12.5 Å². The number of aliphatic hydroxyl groups is 1. The lowest BCUT2D eigenvalue weighted by molar-refractivity contribution is -0.116. The zero-order chi connectivity index (χ0) is 14.5. The minimum Gasteiger partial charge on any atom is -0.459 e. The lowest BCUT2D eigenvalue weighted by Crippen LogP contribution is -2.10. The molecule has 1 aromatic heterocycles. The Labute approximate surface area is 122 Å². The van der Waals surface area contributed by atoms with Gasteiger partial charge in [0.2, 0.25) is 5.91 Å². The van der Waals surface area contributed by atoms with Gasteiger partial charge in [-0.25, -0.2) is 0 Å². The number of nitrogens with one attached hydrogen (secondary N) is 1. The van der Waals surface area contributed by atoms with Crippen molar-refractivity contribution in [3.8, 4) is 11.3 Å². The average Bonchev–Trinajstić information content (AvgIpc) is 2.90. The summed E-state index contributed by atoms with van der Waals surface area (Å²) in [5.74, 6) is 0.999. The van der Waals surface area contributed by atoms with Crippen molar-refractivity contribution in [2.24, 2.45) is 0 Å². The predicted octanol–water partition coefficient (Wildman–Crippen LogP) is 3.83. The van der Waals surface area contributed by atoms with E-state index in [0.717, 1.165) is 6.42 Å². The Hall–Kier alpha value is -1.78. The van der Waals surface area contributed by atoms with Crippen LogP contribution in [0.4, 0.5) is 5.69 Å². The molecule has 0 atom stereocenters. The van der Waals surface area contributed by atoms with Gasteiger partial charge in [-0.15, -0.1) is 0 Å². The highest BCUT2D eigenvalue weighted by Crippen LogP contribution is 2.32. The summed E-state index contributed by atoms with van der Waals surface area (Å²) in [4.78, 5) is 11.6. The fraction of sp³-hybridized carbons (Fsp3) is 0.267. The van der Waals surface area contributed by atoms with Gasteiger partial charge in [0, 0.05) is 17.7 Å². The van der Waals surface area contributed by atoms with Crippen molar-refractivity contribution >= 4 is 23.2 Å². The Morgan fingerprint density at radius 1 is 1.35 bits per heavy atom. The van der Waals surface area contributed by atoms with E-state index in [1.165, 1.54) is 0 Å². The highest BCUT2D eigenvalue weighted by atomic mass is 35.5. The van der Waals surface area contributed by atoms with Crippen LogP contribution in [-0.4, -0.2) is 11.0 Å². The fourth-order valence-corrected chi connectivity index (χ4v) is 2.06. The summed E-state index contributed by atoms with van der Waals surface area (Å²) >= 11 is 6.15. The van der Waals surface area contributed by atoms with Crippen LogP contribution in [0.15, 0.2) is 34.7 Å². The van der Waals surface area contributed by atoms with E-state index in [1.807, 2.05) is 6.92 Å². The van der Waals surface area contributed by atoms with Crippen molar-refractivity contribution in [2.45, 2.75) is 26.4 Å². The Balaban J connectivity index is 2.26. The third-order valence-corrected chi connectivity index (χ3v) is 3.14. The molecule has 106 valence electrons. The van der Waals surface area contributed by atoms with Crippen LogP contribution in [0.25, 0.3) is 11.3 Å². The molecule has 0 aliphatic rings. The molecule has 0 aliphatic carbocycles. The van der Waals surface area contributed by atoms with Gasteiger partial charge in [0.05, 0.1) is 5.02 Å². The molecule has 1 heterocycles. The number of aliphatic hydroxyl groups excluding tert-OH is 1. The minimum atomic E-state index is -0.162. The quantitative estimate of drug-likeness (QED) is 0.880. The van der Waals surface area contributed by atoms with E-state index in [0.29, 0.717) is 34.2 Å². The second kappa shape index (κ2) is 6.59. The number of halogens is 1. The number of hydrogen-bond donors (Lipinski definition) is 2. The van der Waals surface area contributed by atoms with Gasteiger partial charge in [-0.1, -0.05) is 18.5 Å². The maximum atomic E-state index is 11.6. The normalized spacial score (nSPS) is 10.6. The highest BCUT2D eigenvalue weighted by molar-refractivity contribution is 6.33. The maximum Gasteiger partial charge on any atom is 0.224 e. The Morgan fingerprint density at radius 3 is 2.80 bits per heavy atom. The molecule has 1 aromatic carbocycles. The predicted molar refractivity (Wildman–Crippen MR) is 78.6 cm³/mol. The molecular weight excluding hydrogens is 278 g/mol. The molecular formula is C15H16ClNO3. The molecule has 0 spiro atoms. The van der Waals surface area contributed by atoms with Gasteiger partial charge < -0.3 is 14.8 Å². The van der Waals surface area contributed by atoms with Crippen LogP contribution in [0.2, 0.25) is 5.02 Å². The molecule has 0 saturated carbocycles. The van der Waals surface area contributed by atoms with E-state index in [9.17, 15) is 4.79 Å². The van der Waals surface area contributed by atoms with E-state index in [2.05, 4.69) is 5.32 Å². The van der Waals surface area contributed by atoms with Crippen LogP contribution in [0.3, 0.4) is 0 Å². The molecule has 20 heavy (non-hydrogen) atoms. The molecule has 0 radical (unpaired) electrons. The molecule has 0 saturated heterocycles. The van der Waals surface area contributed by atoms with Crippen molar-refractivity contribution in [2.75, 3.05) is 5.32 Å². The summed E-state index contributed by atoms with van der Waals surface area (Å²) in [5.41, 5.74) is 1.35. The van der Waals surface area contributed by atoms with Crippen molar-refractivity contribution in [3.63, 3.8) is 0 Å². The van der Waals surface area contributed by atoms with Crippen molar-refractivity contribution in [3.05, 3.63) is 41.1 Å². The molecule has 1 amide bonds. The number of furan rings is 1. The monoisotopic (exact) mass is 293 g/mol. The smallest absolute Gasteiger partial charge is 0.224 e. The number of anilines is 1. The molecule has 2 N–H and O–H groups in total. The zero-order valence-electron chi connectivity index (χ0n) is 11.1. The standard InChI is InChI=1S/C15H16ClNO3/c1-2-3-15(19)17-10-4-6-13(16)12(8-10)14-7-5-11(9-18)20-14/h4-8,18H,2-3,9H2,1H3,(H,17,19). The first kappa shape index (κ1) is 14.6. The third kappa shape index (κ3) is 3.40. The summed E-state index contributed by atoms with van der Waals surface area (Å²) < 4.78 is 5.46. The van der Waals surface area contributed by atoms with Gasteiger partial charge in [-0.05, 0) is 36.8 Å². The summed E-state index contributed by atoms with van der Waals surface area (Å²) in [5, 5.41) is 12.4. The summed E-state index contributed by atoms with van der Waals surface area (Å²) in [6.45, 7) is 1.79. The SMILES string of the molecule is CCCC(=O)Nc1ccc(Cl)c(-c2ccc(CO)o2)c1. The first-order valence-corrected chi connectivity index (χ1v) is 6.81. The van der Waals surface area contributed by atoms with E-state index in [4.69, 9.17) is 21.1 Å². The van der Waals surface area contributed by atoms with Crippen LogP contribution in [0, 0.1) is 0 Å². The second-order valence-corrected chi connectivity index (χ2v) is 4.82. The van der Waals surface area contributed by atoms with Crippen molar-refractivity contribution in [1.29, 1.82) is 0 Å². The third-order valence-electron chi connectivity index (χ3n) is 2.81. The van der Waals surface area contributed by atoms with Crippen LogP contribution < -0.4 is 5.32 Å². The Kier molecular flexibility index (Phi) is 4.82.